The molecule has 0 unspecified atom stereocenters. The van der Waals surface area contributed by atoms with Crippen molar-refractivity contribution < 1.29 is 9.21 Å². The Bertz CT molecular complexity index is 1870. The van der Waals surface area contributed by atoms with Crippen molar-refractivity contribution in [3.05, 3.63) is 96.8 Å². The van der Waals surface area contributed by atoms with Gasteiger partial charge in [-0.15, -0.1) is 12.4 Å². The van der Waals surface area contributed by atoms with Crippen molar-refractivity contribution in [2.75, 3.05) is 11.9 Å². The first-order chi connectivity index (χ1) is 20.1. The number of nitrogens with one attached hydrogen (secondary N) is 1. The number of anilines is 2. The Labute approximate surface area is 248 Å². The highest BCUT2D eigenvalue weighted by atomic mass is 35.5. The molecule has 1 amide bonds. The second-order valence-corrected chi connectivity index (χ2v) is 10.3. The standard InChI is InChI=1S/C31H28N8O2.ClH/c32-30(40)28-7-4-12-38(28)18-23-9-11-29(41-23)25-14-24-26(16-33-25)34-19-35-31(24)37-22-8-10-27-21(13-22)15-36-39(27)17-20-5-2-1-3-6-20;/h1-3,5-6,8-11,13-16,19,28H,4,7,12,17-18H2,(H2,32,40)(H,34,35,37);1H/t28-;/m0./s1. The summed E-state index contributed by atoms with van der Waals surface area (Å²) in [6.07, 6.45) is 6.87. The third kappa shape index (κ3) is 5.41. The second-order valence-electron chi connectivity index (χ2n) is 10.3. The molecule has 1 saturated heterocycles. The van der Waals surface area contributed by atoms with Crippen molar-refractivity contribution in [3.63, 3.8) is 0 Å². The molecule has 3 N–H and O–H groups in total. The van der Waals surface area contributed by atoms with Gasteiger partial charge in [0.25, 0.3) is 0 Å². The summed E-state index contributed by atoms with van der Waals surface area (Å²) < 4.78 is 8.13. The summed E-state index contributed by atoms with van der Waals surface area (Å²) in [5.41, 5.74) is 10.1. The molecule has 10 nitrogen and oxygen atoms in total. The number of rotatable bonds is 8. The van der Waals surface area contributed by atoms with Crippen molar-refractivity contribution >= 4 is 51.6 Å². The largest absolute Gasteiger partial charge is 0.458 e. The maximum Gasteiger partial charge on any atom is 0.234 e. The van der Waals surface area contributed by atoms with Gasteiger partial charge in [-0.3, -0.25) is 19.4 Å². The lowest BCUT2D eigenvalue weighted by atomic mass is 10.2. The summed E-state index contributed by atoms with van der Waals surface area (Å²) in [7, 11) is 0. The molecule has 7 rings (SSSR count). The number of nitrogens with zero attached hydrogens (tertiary/aromatic N) is 6. The van der Waals surface area contributed by atoms with E-state index >= 15 is 0 Å². The van der Waals surface area contributed by atoms with Crippen LogP contribution >= 0.6 is 12.4 Å². The summed E-state index contributed by atoms with van der Waals surface area (Å²) in [6, 6.07) is 22.0. The van der Waals surface area contributed by atoms with Crippen LogP contribution in [-0.4, -0.2) is 48.1 Å². The number of halogens is 1. The van der Waals surface area contributed by atoms with Gasteiger partial charge in [-0.25, -0.2) is 9.97 Å². The normalized spacial score (nSPS) is 15.2. The molecule has 6 aromatic rings. The number of benzene rings is 2. The minimum Gasteiger partial charge on any atom is -0.458 e. The average molecular weight is 581 g/mol. The molecule has 2 aromatic carbocycles. The molecule has 0 radical (unpaired) electrons. The van der Waals surface area contributed by atoms with Gasteiger partial charge in [0.2, 0.25) is 5.91 Å². The molecule has 1 atom stereocenters. The third-order valence-electron chi connectivity index (χ3n) is 7.57. The highest BCUT2D eigenvalue weighted by Gasteiger charge is 2.29. The molecular weight excluding hydrogens is 552 g/mol. The van der Waals surface area contributed by atoms with Gasteiger partial charge in [0.15, 0.2) is 5.76 Å². The van der Waals surface area contributed by atoms with Crippen LogP contribution in [0.25, 0.3) is 33.3 Å². The molecule has 0 saturated carbocycles. The lowest BCUT2D eigenvalue weighted by Gasteiger charge is -2.20. The van der Waals surface area contributed by atoms with Gasteiger partial charge >= 0.3 is 0 Å². The molecule has 1 aliphatic heterocycles. The molecule has 0 bridgehead atoms. The Kier molecular flexibility index (Phi) is 7.56. The average Bonchev–Trinajstić information content (AvgIpc) is 3.75. The third-order valence-corrected chi connectivity index (χ3v) is 7.57. The molecule has 1 fully saturated rings. The number of aromatic nitrogens is 5. The van der Waals surface area contributed by atoms with Crippen LogP contribution < -0.4 is 11.1 Å². The fourth-order valence-corrected chi connectivity index (χ4v) is 5.52. The minimum absolute atomic E-state index is 0. The van der Waals surface area contributed by atoms with Crippen LogP contribution in [0.2, 0.25) is 0 Å². The molecule has 42 heavy (non-hydrogen) atoms. The Morgan fingerprint density at radius 2 is 1.88 bits per heavy atom. The van der Waals surface area contributed by atoms with Crippen molar-refractivity contribution in [1.29, 1.82) is 0 Å². The number of carbonyl (C=O) groups excluding carboxylic acids is 1. The molecule has 4 aromatic heterocycles. The molecule has 11 heteroatoms. The van der Waals surface area contributed by atoms with Crippen molar-refractivity contribution in [1.82, 2.24) is 29.6 Å². The van der Waals surface area contributed by atoms with E-state index in [4.69, 9.17) is 10.2 Å². The molecular formula is C31H29ClN8O2. The highest BCUT2D eigenvalue weighted by molar-refractivity contribution is 5.93. The maximum absolute atomic E-state index is 11.8. The van der Waals surface area contributed by atoms with Crippen LogP contribution in [0.5, 0.6) is 0 Å². The fraction of sp³-hybridized carbons (Fsp3) is 0.194. The van der Waals surface area contributed by atoms with E-state index in [-0.39, 0.29) is 24.4 Å². The number of hydrogen-bond acceptors (Lipinski definition) is 8. The number of likely N-dealkylation sites (tertiary alicyclic amines) is 1. The first kappa shape index (κ1) is 27.4. The predicted molar refractivity (Wildman–Crippen MR) is 163 cm³/mol. The first-order valence-corrected chi connectivity index (χ1v) is 13.6. The maximum atomic E-state index is 11.8. The van der Waals surface area contributed by atoms with E-state index in [0.717, 1.165) is 52.6 Å². The smallest absolute Gasteiger partial charge is 0.234 e. The van der Waals surface area contributed by atoms with Crippen LogP contribution in [0.1, 0.15) is 24.2 Å². The van der Waals surface area contributed by atoms with E-state index in [9.17, 15) is 4.79 Å². The van der Waals surface area contributed by atoms with E-state index in [1.165, 1.54) is 11.9 Å². The van der Waals surface area contributed by atoms with Gasteiger partial charge in [0, 0.05) is 16.5 Å². The highest BCUT2D eigenvalue weighted by Crippen LogP contribution is 2.30. The number of carbonyl (C=O) groups is 1. The van der Waals surface area contributed by atoms with Gasteiger partial charge in [-0.1, -0.05) is 30.3 Å². The van der Waals surface area contributed by atoms with E-state index < -0.39 is 0 Å². The zero-order chi connectivity index (χ0) is 27.8. The van der Waals surface area contributed by atoms with Crippen molar-refractivity contribution in [2.24, 2.45) is 5.73 Å². The van der Waals surface area contributed by atoms with Gasteiger partial charge in [-0.2, -0.15) is 5.10 Å². The predicted octanol–water partition coefficient (Wildman–Crippen LogP) is 5.30. The Hall–Kier alpha value is -4.80. The van der Waals surface area contributed by atoms with Crippen LogP contribution in [0.4, 0.5) is 11.5 Å². The number of fused-ring (bicyclic) bond motifs is 2. The van der Waals surface area contributed by atoms with Crippen LogP contribution in [0.3, 0.4) is 0 Å². The number of amides is 1. The summed E-state index contributed by atoms with van der Waals surface area (Å²) in [6.45, 7) is 2.06. The molecule has 5 heterocycles. The lowest BCUT2D eigenvalue weighted by Crippen LogP contribution is -2.39. The Morgan fingerprint density at radius 1 is 1.00 bits per heavy atom. The van der Waals surface area contributed by atoms with Crippen molar-refractivity contribution in [2.45, 2.75) is 32.0 Å². The number of furan rings is 1. The lowest BCUT2D eigenvalue weighted by molar-refractivity contribution is -0.122. The van der Waals surface area contributed by atoms with E-state index in [1.807, 2.05) is 53.3 Å². The van der Waals surface area contributed by atoms with E-state index in [1.54, 1.807) is 6.20 Å². The summed E-state index contributed by atoms with van der Waals surface area (Å²) in [5.74, 6) is 1.78. The van der Waals surface area contributed by atoms with Crippen LogP contribution in [0.15, 0.2) is 89.9 Å². The summed E-state index contributed by atoms with van der Waals surface area (Å²) in [5, 5.41) is 9.90. The molecule has 1 aliphatic rings. The number of hydrogen-bond donors (Lipinski definition) is 2. The molecule has 212 valence electrons. The molecule has 0 spiro atoms. The topological polar surface area (TPSA) is 128 Å². The SMILES string of the molecule is Cl.NC(=O)[C@@H]1CCCN1Cc1ccc(-c2cc3c(Nc4ccc5c(cnn5Cc5ccccc5)c4)ncnc3cn2)o1. The van der Waals surface area contributed by atoms with Gasteiger partial charge in [0.1, 0.15) is 23.6 Å². The van der Waals surface area contributed by atoms with Crippen molar-refractivity contribution in [3.8, 4) is 11.5 Å². The van der Waals surface area contributed by atoms with Gasteiger partial charge in [0.05, 0.1) is 42.6 Å². The summed E-state index contributed by atoms with van der Waals surface area (Å²) in [4.78, 5) is 27.3. The number of nitrogens with two attached hydrogens (primary N) is 1. The monoisotopic (exact) mass is 580 g/mol. The van der Waals surface area contributed by atoms with Gasteiger partial charge in [-0.05, 0) is 61.3 Å². The van der Waals surface area contributed by atoms with E-state index in [0.29, 0.717) is 30.4 Å². The fourth-order valence-electron chi connectivity index (χ4n) is 5.52. The number of primary amides is 1. The second kappa shape index (κ2) is 11.6. The zero-order valence-corrected chi connectivity index (χ0v) is 23.5. The zero-order valence-electron chi connectivity index (χ0n) is 22.7. The number of pyridine rings is 1. The Balaban J connectivity index is 0.00000316. The van der Waals surface area contributed by atoms with Crippen LogP contribution in [-0.2, 0) is 17.9 Å². The van der Waals surface area contributed by atoms with Gasteiger partial charge < -0.3 is 15.5 Å². The molecule has 0 aliphatic carbocycles. The Morgan fingerprint density at radius 3 is 2.74 bits per heavy atom. The van der Waals surface area contributed by atoms with E-state index in [2.05, 4.69) is 54.5 Å². The van der Waals surface area contributed by atoms with Crippen LogP contribution in [0, 0.1) is 0 Å². The quantitative estimate of drug-likeness (QED) is 0.248. The summed E-state index contributed by atoms with van der Waals surface area (Å²) >= 11 is 0. The first-order valence-electron chi connectivity index (χ1n) is 13.6. The minimum atomic E-state index is -0.286.